The second-order valence-electron chi connectivity index (χ2n) is 5.54. The van der Waals surface area contributed by atoms with E-state index in [9.17, 15) is 9.59 Å². The van der Waals surface area contributed by atoms with Crippen LogP contribution in [0.25, 0.3) is 0 Å². The second-order valence-corrected chi connectivity index (χ2v) is 5.54. The minimum Gasteiger partial charge on any atom is -0.494 e. The van der Waals surface area contributed by atoms with E-state index in [4.69, 9.17) is 4.74 Å². The van der Waals surface area contributed by atoms with Gasteiger partial charge in [-0.05, 0) is 31.4 Å². The van der Waals surface area contributed by atoms with Gasteiger partial charge in [0.2, 0.25) is 11.8 Å². The fraction of sp³-hybridized carbons (Fsp3) is 0.529. The van der Waals surface area contributed by atoms with Crippen LogP contribution < -0.4 is 15.0 Å². The molecule has 0 aromatic heterocycles. The van der Waals surface area contributed by atoms with Crippen molar-refractivity contribution in [3.05, 3.63) is 18.2 Å². The molecule has 0 saturated carbocycles. The van der Waals surface area contributed by atoms with E-state index in [2.05, 4.69) is 5.32 Å². The van der Waals surface area contributed by atoms with Crippen molar-refractivity contribution in [2.24, 2.45) is 5.92 Å². The molecular formula is C17H24N2O3. The van der Waals surface area contributed by atoms with Gasteiger partial charge in [0.05, 0.1) is 12.8 Å². The summed E-state index contributed by atoms with van der Waals surface area (Å²) in [6.07, 6.45) is 3.09. The molecule has 1 aliphatic heterocycles. The topological polar surface area (TPSA) is 58.6 Å². The lowest BCUT2D eigenvalue weighted by Gasteiger charge is -2.20. The third-order valence-corrected chi connectivity index (χ3v) is 4.17. The average Bonchev–Trinajstić information content (AvgIpc) is 2.94. The molecular weight excluding hydrogens is 280 g/mol. The van der Waals surface area contributed by atoms with Crippen molar-refractivity contribution in [3.8, 4) is 5.75 Å². The number of benzene rings is 1. The quantitative estimate of drug-likeness (QED) is 0.878. The molecule has 1 heterocycles. The second kappa shape index (κ2) is 7.29. The third kappa shape index (κ3) is 3.40. The average molecular weight is 304 g/mol. The van der Waals surface area contributed by atoms with Crippen LogP contribution in [-0.2, 0) is 9.59 Å². The maximum Gasteiger partial charge on any atom is 0.227 e. The molecule has 0 spiro atoms. The zero-order valence-corrected chi connectivity index (χ0v) is 13.5. The highest BCUT2D eigenvalue weighted by atomic mass is 16.5. The summed E-state index contributed by atoms with van der Waals surface area (Å²) in [4.78, 5) is 25.8. The molecule has 0 aliphatic carbocycles. The molecule has 1 N–H and O–H groups in total. The molecule has 0 atom stereocenters. The van der Waals surface area contributed by atoms with Crippen LogP contribution in [0.2, 0.25) is 0 Å². The molecule has 0 bridgehead atoms. The first-order chi connectivity index (χ1) is 10.6. The molecule has 5 heteroatoms. The van der Waals surface area contributed by atoms with Crippen LogP contribution in [-0.4, -0.2) is 25.5 Å². The van der Waals surface area contributed by atoms with E-state index in [0.717, 1.165) is 24.9 Å². The van der Waals surface area contributed by atoms with Gasteiger partial charge in [-0.2, -0.15) is 0 Å². The fourth-order valence-electron chi connectivity index (χ4n) is 2.79. The van der Waals surface area contributed by atoms with Gasteiger partial charge in [-0.1, -0.05) is 13.8 Å². The predicted molar refractivity (Wildman–Crippen MR) is 87.3 cm³/mol. The molecule has 1 aliphatic rings. The molecule has 1 aromatic rings. The first-order valence-electron chi connectivity index (χ1n) is 7.90. The van der Waals surface area contributed by atoms with Gasteiger partial charge < -0.3 is 15.0 Å². The van der Waals surface area contributed by atoms with Gasteiger partial charge in [0.15, 0.2) is 0 Å². The van der Waals surface area contributed by atoms with Crippen LogP contribution in [0.1, 0.15) is 39.5 Å². The smallest absolute Gasteiger partial charge is 0.227 e. The number of rotatable bonds is 6. The molecule has 120 valence electrons. The molecule has 1 aromatic carbocycles. The van der Waals surface area contributed by atoms with Crippen molar-refractivity contribution in [1.82, 2.24) is 0 Å². The highest BCUT2D eigenvalue weighted by Gasteiger charge is 2.24. The largest absolute Gasteiger partial charge is 0.494 e. The van der Waals surface area contributed by atoms with Crippen LogP contribution >= 0.6 is 0 Å². The van der Waals surface area contributed by atoms with Crippen LogP contribution in [0, 0.1) is 5.92 Å². The summed E-state index contributed by atoms with van der Waals surface area (Å²) >= 11 is 0. The van der Waals surface area contributed by atoms with E-state index in [-0.39, 0.29) is 17.7 Å². The Labute approximate surface area is 131 Å². The van der Waals surface area contributed by atoms with Crippen molar-refractivity contribution in [2.75, 3.05) is 23.9 Å². The summed E-state index contributed by atoms with van der Waals surface area (Å²) in [5.41, 5.74) is 1.47. The van der Waals surface area contributed by atoms with Crippen LogP contribution in [0.5, 0.6) is 5.75 Å². The molecule has 2 amide bonds. The number of nitrogens with one attached hydrogen (secondary N) is 1. The molecule has 1 fully saturated rings. The Kier molecular flexibility index (Phi) is 5.41. The highest BCUT2D eigenvalue weighted by molar-refractivity contribution is 5.98. The fourth-order valence-corrected chi connectivity index (χ4v) is 2.79. The van der Waals surface area contributed by atoms with Crippen molar-refractivity contribution < 1.29 is 14.3 Å². The van der Waals surface area contributed by atoms with Crippen molar-refractivity contribution >= 4 is 23.2 Å². The minimum atomic E-state index is 0.0193. The zero-order valence-electron chi connectivity index (χ0n) is 13.5. The number of methoxy groups -OCH3 is 1. The van der Waals surface area contributed by atoms with Crippen molar-refractivity contribution in [1.29, 1.82) is 0 Å². The number of ether oxygens (including phenoxy) is 1. The maximum atomic E-state index is 12.2. The first kappa shape index (κ1) is 16.3. The summed E-state index contributed by atoms with van der Waals surface area (Å²) < 4.78 is 5.40. The number of amides is 2. The van der Waals surface area contributed by atoms with Crippen molar-refractivity contribution in [3.63, 3.8) is 0 Å². The molecule has 5 nitrogen and oxygen atoms in total. The van der Waals surface area contributed by atoms with Gasteiger partial charge >= 0.3 is 0 Å². The van der Waals surface area contributed by atoms with Gasteiger partial charge in [0.1, 0.15) is 5.75 Å². The van der Waals surface area contributed by atoms with Gasteiger partial charge in [-0.25, -0.2) is 0 Å². The SMILES string of the molecule is CCC(CC)C(=O)Nc1ccc(N2CCCC2=O)c(OC)c1. The van der Waals surface area contributed by atoms with Crippen LogP contribution in [0.4, 0.5) is 11.4 Å². The molecule has 0 unspecified atom stereocenters. The van der Waals surface area contributed by atoms with E-state index in [0.29, 0.717) is 24.4 Å². The van der Waals surface area contributed by atoms with E-state index < -0.39 is 0 Å². The van der Waals surface area contributed by atoms with E-state index in [1.54, 1.807) is 18.1 Å². The van der Waals surface area contributed by atoms with Crippen LogP contribution in [0.15, 0.2) is 18.2 Å². The van der Waals surface area contributed by atoms with Gasteiger partial charge in [-0.15, -0.1) is 0 Å². The van der Waals surface area contributed by atoms with E-state index in [1.165, 1.54) is 0 Å². The summed E-state index contributed by atoms with van der Waals surface area (Å²) in [6, 6.07) is 5.44. The Morgan fingerprint density at radius 2 is 2.09 bits per heavy atom. The Hall–Kier alpha value is -2.04. The first-order valence-corrected chi connectivity index (χ1v) is 7.90. The van der Waals surface area contributed by atoms with E-state index >= 15 is 0 Å². The lowest BCUT2D eigenvalue weighted by Crippen LogP contribution is -2.24. The predicted octanol–water partition coefficient (Wildman–Crippen LogP) is 3.20. The Morgan fingerprint density at radius 1 is 1.36 bits per heavy atom. The van der Waals surface area contributed by atoms with Gasteiger partial charge in [0, 0.05) is 30.6 Å². The highest BCUT2D eigenvalue weighted by Crippen LogP contribution is 2.34. The number of carbonyl (C=O) groups excluding carboxylic acids is 2. The molecule has 2 rings (SSSR count). The summed E-state index contributed by atoms with van der Waals surface area (Å²) in [6.45, 7) is 4.74. The number of hydrogen-bond donors (Lipinski definition) is 1. The molecule has 22 heavy (non-hydrogen) atoms. The standard InChI is InChI=1S/C17H24N2O3/c1-4-12(5-2)17(21)18-13-8-9-14(15(11-13)22-3)19-10-6-7-16(19)20/h8-9,11-12H,4-7,10H2,1-3H3,(H,18,21). The maximum absolute atomic E-state index is 12.2. The van der Waals surface area contributed by atoms with Crippen molar-refractivity contribution in [2.45, 2.75) is 39.5 Å². The number of carbonyl (C=O) groups is 2. The number of hydrogen-bond acceptors (Lipinski definition) is 3. The van der Waals surface area contributed by atoms with Crippen LogP contribution in [0.3, 0.4) is 0 Å². The molecule has 1 saturated heterocycles. The zero-order chi connectivity index (χ0) is 16.1. The normalized spacial score (nSPS) is 14.5. The third-order valence-electron chi connectivity index (χ3n) is 4.17. The lowest BCUT2D eigenvalue weighted by molar-refractivity contribution is -0.120. The Balaban J connectivity index is 2.18. The number of nitrogens with zero attached hydrogens (tertiary/aromatic N) is 1. The van der Waals surface area contributed by atoms with E-state index in [1.807, 2.05) is 26.0 Å². The van der Waals surface area contributed by atoms with Gasteiger partial charge in [0.25, 0.3) is 0 Å². The number of anilines is 2. The Morgan fingerprint density at radius 3 is 2.64 bits per heavy atom. The summed E-state index contributed by atoms with van der Waals surface area (Å²) in [5, 5.41) is 2.93. The molecule has 0 radical (unpaired) electrons. The summed E-state index contributed by atoms with van der Waals surface area (Å²) in [7, 11) is 1.58. The monoisotopic (exact) mass is 304 g/mol. The lowest BCUT2D eigenvalue weighted by atomic mass is 10.0. The minimum absolute atomic E-state index is 0.0193. The Bertz CT molecular complexity index is 553. The summed E-state index contributed by atoms with van der Waals surface area (Å²) in [5.74, 6) is 0.771. The van der Waals surface area contributed by atoms with Gasteiger partial charge in [-0.3, -0.25) is 9.59 Å².